The number of anilines is 3. The van der Waals surface area contributed by atoms with Gasteiger partial charge in [-0.05, 0) is 56.5 Å². The van der Waals surface area contributed by atoms with Crippen LogP contribution in [0.25, 0.3) is 0 Å². The van der Waals surface area contributed by atoms with Gasteiger partial charge in [0.05, 0.1) is 0 Å². The Bertz CT molecular complexity index is 910. The molecule has 0 aliphatic heterocycles. The number of aryl methyl sites for hydroxylation is 2. The van der Waals surface area contributed by atoms with Gasteiger partial charge >= 0.3 is 0 Å². The van der Waals surface area contributed by atoms with Gasteiger partial charge in [0.25, 0.3) is 0 Å². The first-order chi connectivity index (χ1) is 13.1. The number of hydrogen-bond donors (Lipinski definition) is 1. The summed E-state index contributed by atoms with van der Waals surface area (Å²) < 4.78 is 13.8. The fourth-order valence-corrected chi connectivity index (χ4v) is 3.03. The second-order valence-corrected chi connectivity index (χ2v) is 6.55. The second kappa shape index (κ2) is 8.62. The largest absolute Gasteiger partial charge is 0.370 e. The first-order valence-electron chi connectivity index (χ1n) is 9.24. The van der Waals surface area contributed by atoms with Gasteiger partial charge in [-0.1, -0.05) is 30.3 Å². The third-order valence-corrected chi connectivity index (χ3v) is 4.37. The third-order valence-electron chi connectivity index (χ3n) is 4.37. The standard InChI is InChI=1S/C22H25FN4/c1-4-27(19-10-7-8-16(2)14-19)22-25-17(3)15-21(26-22)24-13-12-18-9-5-6-11-20(18)23/h5-11,14-15H,4,12-13H2,1-3H3,(H,24,25,26). The topological polar surface area (TPSA) is 41.1 Å². The van der Waals surface area contributed by atoms with Crippen LogP contribution in [0.5, 0.6) is 0 Å². The molecule has 1 heterocycles. The van der Waals surface area contributed by atoms with Crippen molar-refractivity contribution in [3.05, 3.63) is 77.2 Å². The molecule has 140 valence electrons. The van der Waals surface area contributed by atoms with Gasteiger partial charge in [-0.25, -0.2) is 9.37 Å². The first-order valence-corrected chi connectivity index (χ1v) is 9.24. The summed E-state index contributed by atoms with van der Waals surface area (Å²) in [4.78, 5) is 11.4. The Morgan fingerprint density at radius 1 is 1.00 bits per heavy atom. The lowest BCUT2D eigenvalue weighted by Crippen LogP contribution is -2.20. The zero-order valence-electron chi connectivity index (χ0n) is 16.0. The van der Waals surface area contributed by atoms with E-state index < -0.39 is 0 Å². The summed E-state index contributed by atoms with van der Waals surface area (Å²) >= 11 is 0. The molecule has 0 unspecified atom stereocenters. The Morgan fingerprint density at radius 3 is 2.56 bits per heavy atom. The minimum atomic E-state index is -0.171. The van der Waals surface area contributed by atoms with Gasteiger partial charge in [-0.15, -0.1) is 0 Å². The Balaban J connectivity index is 1.76. The first kappa shape index (κ1) is 18.8. The molecule has 5 heteroatoms. The van der Waals surface area contributed by atoms with Crippen molar-refractivity contribution in [2.75, 3.05) is 23.3 Å². The van der Waals surface area contributed by atoms with E-state index in [9.17, 15) is 4.39 Å². The van der Waals surface area contributed by atoms with E-state index in [0.717, 1.165) is 23.7 Å². The van der Waals surface area contributed by atoms with Crippen molar-refractivity contribution < 1.29 is 4.39 Å². The Hall–Kier alpha value is -2.95. The van der Waals surface area contributed by atoms with Gasteiger partial charge in [0.2, 0.25) is 5.95 Å². The third kappa shape index (κ3) is 4.82. The van der Waals surface area contributed by atoms with Gasteiger partial charge in [-0.2, -0.15) is 4.98 Å². The molecule has 0 aliphatic carbocycles. The summed E-state index contributed by atoms with van der Waals surface area (Å²) in [6.07, 6.45) is 0.598. The van der Waals surface area contributed by atoms with E-state index >= 15 is 0 Å². The zero-order valence-corrected chi connectivity index (χ0v) is 16.0. The lowest BCUT2D eigenvalue weighted by atomic mass is 10.1. The smallest absolute Gasteiger partial charge is 0.232 e. The highest BCUT2D eigenvalue weighted by atomic mass is 19.1. The van der Waals surface area contributed by atoms with E-state index in [-0.39, 0.29) is 5.82 Å². The van der Waals surface area contributed by atoms with Crippen molar-refractivity contribution in [2.24, 2.45) is 0 Å². The van der Waals surface area contributed by atoms with Crippen LogP contribution in [-0.4, -0.2) is 23.1 Å². The molecule has 0 spiro atoms. The fourth-order valence-electron chi connectivity index (χ4n) is 3.03. The van der Waals surface area contributed by atoms with Crippen molar-refractivity contribution in [1.29, 1.82) is 0 Å². The van der Waals surface area contributed by atoms with Gasteiger partial charge in [0.1, 0.15) is 11.6 Å². The molecule has 2 aromatic carbocycles. The predicted molar refractivity (Wildman–Crippen MR) is 109 cm³/mol. The number of aromatic nitrogens is 2. The van der Waals surface area contributed by atoms with E-state index in [2.05, 4.69) is 52.2 Å². The normalized spacial score (nSPS) is 10.7. The SMILES string of the molecule is CCN(c1cccc(C)c1)c1nc(C)cc(NCCc2ccccc2F)n1. The van der Waals surface area contributed by atoms with Crippen molar-refractivity contribution in [2.45, 2.75) is 27.2 Å². The van der Waals surface area contributed by atoms with Crippen LogP contribution in [0.2, 0.25) is 0 Å². The van der Waals surface area contributed by atoms with Crippen LogP contribution in [0, 0.1) is 19.7 Å². The molecule has 0 bridgehead atoms. The predicted octanol–water partition coefficient (Wildman–Crippen LogP) is 5.05. The summed E-state index contributed by atoms with van der Waals surface area (Å²) in [6.45, 7) is 7.48. The van der Waals surface area contributed by atoms with E-state index in [1.807, 2.05) is 31.2 Å². The molecule has 0 amide bonds. The maximum atomic E-state index is 13.8. The number of halogens is 1. The van der Waals surface area contributed by atoms with Crippen LogP contribution in [0.15, 0.2) is 54.6 Å². The molecule has 0 saturated heterocycles. The van der Waals surface area contributed by atoms with Crippen LogP contribution in [0.3, 0.4) is 0 Å². The van der Waals surface area contributed by atoms with Gasteiger partial charge in [-0.3, -0.25) is 0 Å². The summed E-state index contributed by atoms with van der Waals surface area (Å²) in [6, 6.07) is 17.1. The number of hydrogen-bond acceptors (Lipinski definition) is 4. The minimum absolute atomic E-state index is 0.171. The van der Waals surface area contributed by atoms with E-state index in [1.165, 1.54) is 11.6 Å². The fraction of sp³-hybridized carbons (Fsp3) is 0.273. The number of nitrogens with zero attached hydrogens (tertiary/aromatic N) is 3. The highest BCUT2D eigenvalue weighted by Gasteiger charge is 2.12. The average Bonchev–Trinajstić information content (AvgIpc) is 2.64. The Kier molecular flexibility index (Phi) is 6.01. The summed E-state index contributed by atoms with van der Waals surface area (Å²) in [5.74, 6) is 1.24. The molecular formula is C22H25FN4. The quantitative estimate of drug-likeness (QED) is 0.637. The molecule has 0 saturated carbocycles. The lowest BCUT2D eigenvalue weighted by Gasteiger charge is -2.22. The maximum Gasteiger partial charge on any atom is 0.232 e. The van der Waals surface area contributed by atoms with Gasteiger partial charge in [0, 0.05) is 30.5 Å². The number of nitrogens with one attached hydrogen (secondary N) is 1. The molecule has 4 nitrogen and oxygen atoms in total. The molecule has 1 N–H and O–H groups in total. The zero-order chi connectivity index (χ0) is 19.2. The van der Waals surface area contributed by atoms with Gasteiger partial charge < -0.3 is 10.2 Å². The van der Waals surface area contributed by atoms with Crippen LogP contribution < -0.4 is 10.2 Å². The molecule has 0 atom stereocenters. The van der Waals surface area contributed by atoms with Crippen molar-refractivity contribution >= 4 is 17.5 Å². The molecule has 1 aromatic heterocycles. The van der Waals surface area contributed by atoms with Crippen LogP contribution >= 0.6 is 0 Å². The number of benzene rings is 2. The lowest BCUT2D eigenvalue weighted by molar-refractivity contribution is 0.610. The summed E-state index contributed by atoms with van der Waals surface area (Å²) in [5, 5.41) is 3.30. The Labute approximate surface area is 160 Å². The maximum absolute atomic E-state index is 13.8. The molecule has 0 radical (unpaired) electrons. The van der Waals surface area contributed by atoms with Crippen molar-refractivity contribution in [1.82, 2.24) is 9.97 Å². The monoisotopic (exact) mass is 364 g/mol. The van der Waals surface area contributed by atoms with E-state index in [4.69, 9.17) is 0 Å². The van der Waals surface area contributed by atoms with Crippen molar-refractivity contribution in [3.63, 3.8) is 0 Å². The van der Waals surface area contributed by atoms with Gasteiger partial charge in [0.15, 0.2) is 0 Å². The van der Waals surface area contributed by atoms with Crippen LogP contribution in [-0.2, 0) is 6.42 Å². The molecule has 27 heavy (non-hydrogen) atoms. The van der Waals surface area contributed by atoms with Crippen LogP contribution in [0.1, 0.15) is 23.7 Å². The van der Waals surface area contributed by atoms with E-state index in [0.29, 0.717) is 24.5 Å². The highest BCUT2D eigenvalue weighted by Crippen LogP contribution is 2.24. The van der Waals surface area contributed by atoms with E-state index in [1.54, 1.807) is 6.07 Å². The van der Waals surface area contributed by atoms with Crippen LogP contribution in [0.4, 0.5) is 21.8 Å². The molecule has 0 aliphatic rings. The van der Waals surface area contributed by atoms with Crippen molar-refractivity contribution in [3.8, 4) is 0 Å². The summed E-state index contributed by atoms with van der Waals surface area (Å²) in [7, 11) is 0. The minimum Gasteiger partial charge on any atom is -0.370 e. The molecular weight excluding hydrogens is 339 g/mol. The Morgan fingerprint density at radius 2 is 1.81 bits per heavy atom. The highest BCUT2D eigenvalue weighted by molar-refractivity contribution is 5.59. The molecule has 3 rings (SSSR count). The molecule has 3 aromatic rings. The number of rotatable bonds is 7. The second-order valence-electron chi connectivity index (χ2n) is 6.55. The summed E-state index contributed by atoms with van der Waals surface area (Å²) in [5.41, 5.74) is 3.85. The average molecular weight is 364 g/mol. The molecule has 0 fully saturated rings.